The van der Waals surface area contributed by atoms with Crippen LogP contribution in [0.4, 0.5) is 5.82 Å². The van der Waals surface area contributed by atoms with Crippen molar-refractivity contribution in [1.82, 2.24) is 14.7 Å². The van der Waals surface area contributed by atoms with Gasteiger partial charge < -0.3 is 15.0 Å². The average molecular weight is 457 g/mol. The van der Waals surface area contributed by atoms with Crippen molar-refractivity contribution in [2.75, 3.05) is 25.5 Å². The Kier molecular flexibility index (Phi) is 9.08. The SMILES string of the molecule is COc1ccc(-n2nc(C(C)(C)C)cc2NC(=O)CN(CCC(C)C)C(=O)CC(C)C)cc1. The Hall–Kier alpha value is -2.83. The predicted molar refractivity (Wildman–Crippen MR) is 133 cm³/mol. The fourth-order valence-electron chi connectivity index (χ4n) is 3.30. The van der Waals surface area contributed by atoms with E-state index in [1.165, 1.54) is 0 Å². The molecular formula is C26H40N4O3. The van der Waals surface area contributed by atoms with E-state index in [2.05, 4.69) is 39.9 Å². The van der Waals surface area contributed by atoms with Gasteiger partial charge in [-0.1, -0.05) is 48.5 Å². The molecule has 1 aromatic carbocycles. The molecule has 182 valence electrons. The molecule has 2 aromatic rings. The van der Waals surface area contributed by atoms with Crippen molar-refractivity contribution < 1.29 is 14.3 Å². The summed E-state index contributed by atoms with van der Waals surface area (Å²) >= 11 is 0. The minimum atomic E-state index is -0.231. The van der Waals surface area contributed by atoms with Crippen LogP contribution in [-0.4, -0.2) is 46.7 Å². The van der Waals surface area contributed by atoms with E-state index >= 15 is 0 Å². The Morgan fingerprint density at radius 2 is 1.73 bits per heavy atom. The molecule has 1 heterocycles. The van der Waals surface area contributed by atoms with Crippen molar-refractivity contribution in [2.45, 2.75) is 66.7 Å². The van der Waals surface area contributed by atoms with Gasteiger partial charge in [-0.25, -0.2) is 4.68 Å². The van der Waals surface area contributed by atoms with Gasteiger partial charge in [0.1, 0.15) is 11.6 Å². The summed E-state index contributed by atoms with van der Waals surface area (Å²) in [5.41, 5.74) is 1.49. The second-order valence-electron chi connectivity index (χ2n) is 10.4. The molecule has 7 heteroatoms. The van der Waals surface area contributed by atoms with Gasteiger partial charge in [-0.2, -0.15) is 5.10 Å². The summed E-state index contributed by atoms with van der Waals surface area (Å²) in [6.45, 7) is 15.1. The molecule has 0 radical (unpaired) electrons. The molecule has 0 aliphatic heterocycles. The summed E-state index contributed by atoms with van der Waals surface area (Å²) in [7, 11) is 1.62. The molecule has 0 saturated carbocycles. The number of hydrogen-bond acceptors (Lipinski definition) is 4. The third kappa shape index (κ3) is 7.91. The topological polar surface area (TPSA) is 76.5 Å². The highest BCUT2D eigenvalue weighted by molar-refractivity contribution is 5.94. The van der Waals surface area contributed by atoms with Gasteiger partial charge >= 0.3 is 0 Å². The van der Waals surface area contributed by atoms with Crippen LogP contribution in [0.25, 0.3) is 5.69 Å². The highest BCUT2D eigenvalue weighted by Crippen LogP contribution is 2.27. The summed E-state index contributed by atoms with van der Waals surface area (Å²) in [5.74, 6) is 1.80. The van der Waals surface area contributed by atoms with E-state index in [1.54, 1.807) is 16.7 Å². The Morgan fingerprint density at radius 1 is 1.09 bits per heavy atom. The molecule has 33 heavy (non-hydrogen) atoms. The lowest BCUT2D eigenvalue weighted by atomic mass is 9.92. The Labute approximate surface area is 198 Å². The number of hydrogen-bond donors (Lipinski definition) is 1. The van der Waals surface area contributed by atoms with Crippen LogP contribution < -0.4 is 10.1 Å². The van der Waals surface area contributed by atoms with Crippen molar-refractivity contribution in [3.05, 3.63) is 36.0 Å². The Morgan fingerprint density at radius 3 is 2.24 bits per heavy atom. The number of methoxy groups -OCH3 is 1. The largest absolute Gasteiger partial charge is 0.497 e. The van der Waals surface area contributed by atoms with E-state index in [-0.39, 0.29) is 29.7 Å². The number of nitrogens with one attached hydrogen (secondary N) is 1. The zero-order valence-electron chi connectivity index (χ0n) is 21.4. The van der Waals surface area contributed by atoms with Gasteiger partial charge in [0.2, 0.25) is 11.8 Å². The van der Waals surface area contributed by atoms with Crippen LogP contribution >= 0.6 is 0 Å². The van der Waals surface area contributed by atoms with Crippen LogP contribution in [0.2, 0.25) is 0 Å². The van der Waals surface area contributed by atoms with Crippen molar-refractivity contribution in [1.29, 1.82) is 0 Å². The first kappa shape index (κ1) is 26.4. The van der Waals surface area contributed by atoms with Crippen LogP contribution in [0.3, 0.4) is 0 Å². The average Bonchev–Trinajstić information content (AvgIpc) is 3.14. The number of carbonyl (C=O) groups excluding carboxylic acids is 2. The van der Waals surface area contributed by atoms with Crippen molar-refractivity contribution >= 4 is 17.6 Å². The quantitative estimate of drug-likeness (QED) is 0.543. The third-order valence-electron chi connectivity index (χ3n) is 5.31. The first-order valence-corrected chi connectivity index (χ1v) is 11.7. The molecule has 0 atom stereocenters. The molecule has 0 saturated heterocycles. The van der Waals surface area contributed by atoms with E-state index in [0.717, 1.165) is 23.6 Å². The molecule has 0 aliphatic rings. The Bertz CT molecular complexity index is 924. The summed E-state index contributed by atoms with van der Waals surface area (Å²) in [6, 6.07) is 9.41. The molecule has 0 aliphatic carbocycles. The summed E-state index contributed by atoms with van der Waals surface area (Å²) in [4.78, 5) is 27.5. The van der Waals surface area contributed by atoms with Gasteiger partial charge in [-0.15, -0.1) is 0 Å². The fraction of sp³-hybridized carbons (Fsp3) is 0.577. The van der Waals surface area contributed by atoms with Gasteiger partial charge in [-0.05, 0) is 42.5 Å². The molecular weight excluding hydrogens is 416 g/mol. The normalized spacial score (nSPS) is 11.7. The number of rotatable bonds is 10. The lowest BCUT2D eigenvalue weighted by Crippen LogP contribution is -2.39. The van der Waals surface area contributed by atoms with Gasteiger partial charge in [0.15, 0.2) is 0 Å². The molecule has 0 spiro atoms. The second-order valence-corrected chi connectivity index (χ2v) is 10.4. The van der Waals surface area contributed by atoms with Gasteiger partial charge in [0.25, 0.3) is 0 Å². The summed E-state index contributed by atoms with van der Waals surface area (Å²) < 4.78 is 6.98. The minimum absolute atomic E-state index is 0.0137. The van der Waals surface area contributed by atoms with Crippen LogP contribution in [-0.2, 0) is 15.0 Å². The number of ether oxygens (including phenoxy) is 1. The maximum absolute atomic E-state index is 13.0. The zero-order valence-corrected chi connectivity index (χ0v) is 21.4. The van der Waals surface area contributed by atoms with E-state index in [1.807, 2.05) is 44.2 Å². The molecule has 2 amide bonds. The molecule has 1 aromatic heterocycles. The third-order valence-corrected chi connectivity index (χ3v) is 5.31. The fourth-order valence-corrected chi connectivity index (χ4v) is 3.30. The predicted octanol–water partition coefficient (Wildman–Crippen LogP) is 5.04. The number of aromatic nitrogens is 2. The first-order valence-electron chi connectivity index (χ1n) is 11.7. The van der Waals surface area contributed by atoms with Crippen LogP contribution in [0.15, 0.2) is 30.3 Å². The van der Waals surface area contributed by atoms with Crippen LogP contribution in [0.1, 0.15) is 67.0 Å². The molecule has 0 fully saturated rings. The highest BCUT2D eigenvalue weighted by atomic mass is 16.5. The van der Waals surface area contributed by atoms with Crippen LogP contribution in [0.5, 0.6) is 5.75 Å². The lowest BCUT2D eigenvalue weighted by Gasteiger charge is -2.24. The van der Waals surface area contributed by atoms with Gasteiger partial charge in [-0.3, -0.25) is 9.59 Å². The number of amides is 2. The number of benzene rings is 1. The zero-order chi connectivity index (χ0) is 24.8. The van der Waals surface area contributed by atoms with E-state index in [0.29, 0.717) is 24.7 Å². The number of anilines is 1. The van der Waals surface area contributed by atoms with E-state index in [9.17, 15) is 9.59 Å². The molecule has 2 rings (SSSR count). The molecule has 1 N–H and O–H groups in total. The van der Waals surface area contributed by atoms with Crippen LogP contribution in [0, 0.1) is 11.8 Å². The van der Waals surface area contributed by atoms with Crippen molar-refractivity contribution in [3.63, 3.8) is 0 Å². The summed E-state index contributed by atoms with van der Waals surface area (Å²) in [5, 5.41) is 7.75. The smallest absolute Gasteiger partial charge is 0.245 e. The van der Waals surface area contributed by atoms with Crippen molar-refractivity contribution in [3.8, 4) is 11.4 Å². The van der Waals surface area contributed by atoms with Crippen molar-refractivity contribution in [2.24, 2.45) is 11.8 Å². The lowest BCUT2D eigenvalue weighted by molar-refractivity contribution is -0.135. The van der Waals surface area contributed by atoms with Gasteiger partial charge in [0, 0.05) is 24.4 Å². The maximum Gasteiger partial charge on any atom is 0.245 e. The standard InChI is InChI=1S/C26H40N4O3/c1-18(2)13-14-29(25(32)15-19(3)4)17-24(31)27-23-16-22(26(5,6)7)28-30(23)20-9-11-21(33-8)12-10-20/h9-12,16,18-19H,13-15,17H2,1-8H3,(H,27,31). The van der Waals surface area contributed by atoms with E-state index in [4.69, 9.17) is 9.84 Å². The molecule has 7 nitrogen and oxygen atoms in total. The number of carbonyl (C=O) groups is 2. The number of nitrogens with zero attached hydrogens (tertiary/aromatic N) is 3. The minimum Gasteiger partial charge on any atom is -0.497 e. The Balaban J connectivity index is 2.27. The monoisotopic (exact) mass is 456 g/mol. The molecule has 0 unspecified atom stereocenters. The first-order chi connectivity index (χ1) is 15.4. The molecule has 0 bridgehead atoms. The summed E-state index contributed by atoms with van der Waals surface area (Å²) in [6.07, 6.45) is 1.29. The second kappa shape index (κ2) is 11.3. The van der Waals surface area contributed by atoms with E-state index < -0.39 is 0 Å². The maximum atomic E-state index is 13.0. The van der Waals surface area contributed by atoms with Gasteiger partial charge in [0.05, 0.1) is 25.0 Å². The highest BCUT2D eigenvalue weighted by Gasteiger charge is 2.23.